The lowest BCUT2D eigenvalue weighted by Gasteiger charge is -2.37. The van der Waals surface area contributed by atoms with Gasteiger partial charge in [0.1, 0.15) is 11.9 Å². The summed E-state index contributed by atoms with van der Waals surface area (Å²) in [5.41, 5.74) is 9.93. The van der Waals surface area contributed by atoms with E-state index in [1.165, 1.54) is 0 Å². The first kappa shape index (κ1) is 19.1. The van der Waals surface area contributed by atoms with Crippen LogP contribution < -0.4 is 5.73 Å². The quantitative estimate of drug-likeness (QED) is 0.405. The zero-order valence-corrected chi connectivity index (χ0v) is 16.6. The zero-order valence-electron chi connectivity index (χ0n) is 16.6. The Morgan fingerprint density at radius 3 is 2.62 bits per heavy atom. The molecule has 4 rings (SSSR count). The Kier molecular flexibility index (Phi) is 5.28. The highest BCUT2D eigenvalue weighted by Crippen LogP contribution is 2.29. The first-order valence-electron chi connectivity index (χ1n) is 9.49. The highest BCUT2D eigenvalue weighted by Gasteiger charge is 2.16. The lowest BCUT2D eigenvalue weighted by atomic mass is 10.0. The molecule has 1 saturated heterocycles. The van der Waals surface area contributed by atoms with Crippen LogP contribution in [0, 0.1) is 0 Å². The van der Waals surface area contributed by atoms with Gasteiger partial charge in [-0.3, -0.25) is 9.80 Å². The van der Waals surface area contributed by atoms with Crippen LogP contribution in [0.2, 0.25) is 0 Å². The van der Waals surface area contributed by atoms with Gasteiger partial charge in [0.15, 0.2) is 11.9 Å². The smallest absolute Gasteiger partial charge is 0.292 e. The van der Waals surface area contributed by atoms with E-state index in [1.54, 1.807) is 6.34 Å². The maximum Gasteiger partial charge on any atom is 0.292 e. The van der Waals surface area contributed by atoms with Crippen molar-refractivity contribution in [1.82, 2.24) is 19.9 Å². The normalized spacial score (nSPS) is 15.9. The number of anilines is 1. The minimum atomic E-state index is 0.139. The van der Waals surface area contributed by atoms with E-state index in [1.807, 2.05) is 48.5 Å². The first-order chi connectivity index (χ1) is 14.0. The summed E-state index contributed by atoms with van der Waals surface area (Å²) in [6.45, 7) is 3.95. The molecule has 0 saturated carbocycles. The molecule has 8 heteroatoms. The molecule has 150 valence electrons. The Hall–Kier alpha value is -3.23. The van der Waals surface area contributed by atoms with E-state index in [9.17, 15) is 4.79 Å². The molecule has 1 fully saturated rings. The van der Waals surface area contributed by atoms with Gasteiger partial charge in [0.2, 0.25) is 0 Å². The number of aromatic nitrogens is 1. The van der Waals surface area contributed by atoms with Crippen molar-refractivity contribution in [2.45, 2.75) is 0 Å². The third-order valence-electron chi connectivity index (χ3n) is 5.18. The summed E-state index contributed by atoms with van der Waals surface area (Å²) >= 11 is 0. The lowest BCUT2D eigenvalue weighted by molar-refractivity contribution is 0.0254. The fourth-order valence-corrected chi connectivity index (χ4v) is 3.40. The number of fused-ring (bicyclic) bond motifs is 1. The number of aldehydes is 1. The highest BCUT2D eigenvalue weighted by atomic mass is 16.4. The predicted molar refractivity (Wildman–Crippen MR) is 114 cm³/mol. The van der Waals surface area contributed by atoms with Gasteiger partial charge in [0.05, 0.1) is 5.69 Å². The van der Waals surface area contributed by atoms with Gasteiger partial charge in [-0.25, -0.2) is 10.0 Å². The maximum absolute atomic E-state index is 11.7. The number of oxazole rings is 1. The predicted octanol–water partition coefficient (Wildman–Crippen LogP) is 2.64. The van der Waals surface area contributed by atoms with Gasteiger partial charge in [-0.05, 0) is 42.4 Å². The molecule has 0 atom stereocenters. The van der Waals surface area contributed by atoms with E-state index >= 15 is 0 Å². The van der Waals surface area contributed by atoms with Crippen LogP contribution in [0.25, 0.3) is 22.2 Å². The van der Waals surface area contributed by atoms with Crippen molar-refractivity contribution in [3.8, 4) is 11.1 Å². The average Bonchev–Trinajstić information content (AvgIpc) is 3.11. The summed E-state index contributed by atoms with van der Waals surface area (Å²) in [7, 11) is 4.10. The average molecular weight is 392 g/mol. The van der Waals surface area contributed by atoms with Crippen molar-refractivity contribution in [2.24, 2.45) is 4.99 Å². The molecule has 3 aromatic rings. The number of nitrogens with two attached hydrogens (primary N) is 1. The molecule has 0 bridgehead atoms. The topological polar surface area (TPSA) is 91.2 Å². The van der Waals surface area contributed by atoms with Crippen LogP contribution in [0.15, 0.2) is 45.8 Å². The van der Waals surface area contributed by atoms with Gasteiger partial charge in [-0.1, -0.05) is 12.1 Å². The van der Waals surface area contributed by atoms with Crippen LogP contribution in [-0.4, -0.2) is 72.8 Å². The van der Waals surface area contributed by atoms with Crippen molar-refractivity contribution >= 4 is 35.4 Å². The summed E-state index contributed by atoms with van der Waals surface area (Å²) in [6.07, 6.45) is 2.59. The first-order valence-corrected chi connectivity index (χ1v) is 9.49. The van der Waals surface area contributed by atoms with Gasteiger partial charge < -0.3 is 15.1 Å². The summed E-state index contributed by atoms with van der Waals surface area (Å²) in [5, 5.41) is 4.22. The Labute approximate surface area is 169 Å². The number of carbonyl (C=O) groups excluding carboxylic acids is 1. The molecule has 2 aromatic carbocycles. The van der Waals surface area contributed by atoms with Crippen molar-refractivity contribution in [3.05, 3.63) is 42.0 Å². The molecule has 0 amide bonds. The summed E-state index contributed by atoms with van der Waals surface area (Å²) in [5.74, 6) is 0. The monoisotopic (exact) mass is 392 g/mol. The van der Waals surface area contributed by atoms with E-state index in [2.05, 4.69) is 26.9 Å². The van der Waals surface area contributed by atoms with Crippen molar-refractivity contribution < 1.29 is 9.21 Å². The van der Waals surface area contributed by atoms with E-state index in [0.717, 1.165) is 43.6 Å². The maximum atomic E-state index is 11.7. The number of nitrogens with zero attached hydrogens (tertiary/aromatic N) is 5. The Bertz CT molecular complexity index is 1050. The number of hydrogen-bond acceptors (Lipinski definition) is 7. The second kappa shape index (κ2) is 8.02. The molecule has 0 unspecified atom stereocenters. The van der Waals surface area contributed by atoms with Crippen LogP contribution in [0.4, 0.5) is 11.7 Å². The van der Waals surface area contributed by atoms with Crippen LogP contribution in [0.3, 0.4) is 0 Å². The summed E-state index contributed by atoms with van der Waals surface area (Å²) in [6, 6.07) is 11.4. The zero-order chi connectivity index (χ0) is 20.4. The van der Waals surface area contributed by atoms with Crippen LogP contribution in [-0.2, 0) is 0 Å². The fourth-order valence-electron chi connectivity index (χ4n) is 3.40. The fraction of sp³-hybridized carbons (Fsp3) is 0.286. The molecular formula is C21H24N6O2. The molecule has 29 heavy (non-hydrogen) atoms. The number of likely N-dealkylation sites (N-methyl/N-ethyl adjacent to an activating group) is 1. The standard InChI is InChI=1S/C21H24N6O2/c1-25-7-9-27(10-8-25)26(2)14-23-18-5-3-15(11-17(18)13-28)16-4-6-20-19(12-16)24-21(22)29-20/h3-6,11-14H,7-10H2,1-2H3,(H2,22,24). The lowest BCUT2D eigenvalue weighted by Crippen LogP contribution is -2.50. The Morgan fingerprint density at radius 1 is 1.14 bits per heavy atom. The van der Waals surface area contributed by atoms with E-state index < -0.39 is 0 Å². The van der Waals surface area contributed by atoms with E-state index in [4.69, 9.17) is 10.2 Å². The van der Waals surface area contributed by atoms with Gasteiger partial charge in [0.25, 0.3) is 6.01 Å². The molecule has 0 aliphatic carbocycles. The number of benzene rings is 2. The van der Waals surface area contributed by atoms with Crippen LogP contribution in [0.1, 0.15) is 10.4 Å². The molecule has 1 aliphatic rings. The van der Waals surface area contributed by atoms with Crippen molar-refractivity contribution in [3.63, 3.8) is 0 Å². The number of piperazine rings is 1. The third-order valence-corrected chi connectivity index (χ3v) is 5.18. The van der Waals surface area contributed by atoms with Gasteiger partial charge >= 0.3 is 0 Å². The second-order valence-corrected chi connectivity index (χ2v) is 7.20. The molecule has 1 aliphatic heterocycles. The van der Waals surface area contributed by atoms with Gasteiger partial charge in [-0.2, -0.15) is 4.98 Å². The summed E-state index contributed by atoms with van der Waals surface area (Å²) < 4.78 is 5.31. The summed E-state index contributed by atoms with van der Waals surface area (Å²) in [4.78, 5) is 22.7. The third kappa shape index (κ3) is 4.13. The van der Waals surface area contributed by atoms with Crippen molar-refractivity contribution in [1.29, 1.82) is 0 Å². The second-order valence-electron chi connectivity index (χ2n) is 7.20. The minimum Gasteiger partial charge on any atom is -0.424 e. The van der Waals surface area contributed by atoms with E-state index in [-0.39, 0.29) is 6.01 Å². The SMILES string of the molecule is CN1CCN(N(C)C=Nc2ccc(-c3ccc4oc(N)nc4c3)cc2C=O)CC1. The molecular weight excluding hydrogens is 368 g/mol. The van der Waals surface area contributed by atoms with Gasteiger partial charge in [0, 0.05) is 38.8 Å². The highest BCUT2D eigenvalue weighted by molar-refractivity contribution is 5.88. The molecule has 0 radical (unpaired) electrons. The van der Waals surface area contributed by atoms with Crippen molar-refractivity contribution in [2.75, 3.05) is 46.0 Å². The number of hydrazine groups is 1. The Morgan fingerprint density at radius 2 is 1.86 bits per heavy atom. The Balaban J connectivity index is 1.55. The molecule has 8 nitrogen and oxygen atoms in total. The molecule has 2 heterocycles. The number of hydrogen-bond donors (Lipinski definition) is 1. The number of aliphatic imine (C=N–C) groups is 1. The van der Waals surface area contributed by atoms with E-state index in [0.29, 0.717) is 22.4 Å². The largest absolute Gasteiger partial charge is 0.424 e. The molecule has 0 spiro atoms. The van der Waals surface area contributed by atoms with Crippen LogP contribution in [0.5, 0.6) is 0 Å². The molecule has 2 N–H and O–H groups in total. The number of rotatable bonds is 5. The number of carbonyl (C=O) groups is 1. The minimum absolute atomic E-state index is 0.139. The molecule has 1 aromatic heterocycles. The van der Waals surface area contributed by atoms with Gasteiger partial charge in [-0.15, -0.1) is 0 Å². The number of nitrogen functional groups attached to an aromatic ring is 1. The van der Waals surface area contributed by atoms with Crippen LogP contribution >= 0.6 is 0 Å².